The molecule has 1 aromatic rings. The summed E-state index contributed by atoms with van der Waals surface area (Å²) in [4.78, 5) is 10.9. The van der Waals surface area contributed by atoms with Crippen molar-refractivity contribution in [1.82, 2.24) is 15.0 Å². The van der Waals surface area contributed by atoms with Crippen LogP contribution >= 0.6 is 11.6 Å². The van der Waals surface area contributed by atoms with Crippen LogP contribution in [0.3, 0.4) is 0 Å². The lowest BCUT2D eigenvalue weighted by molar-refractivity contribution is -0.0288. The molecule has 0 unspecified atom stereocenters. The number of aliphatic hydroxyl groups excluding tert-OH is 1. The Bertz CT molecular complexity index is 408. The molecule has 2 heterocycles. The fourth-order valence-corrected chi connectivity index (χ4v) is 1.89. The Hall–Kier alpha value is -1.18. The Kier molecular flexibility index (Phi) is 3.08. The van der Waals surface area contributed by atoms with E-state index in [-0.39, 0.29) is 23.6 Å². The minimum atomic E-state index is -0.729. The lowest BCUT2D eigenvalue weighted by atomic mass is 10.2. The zero-order valence-electron chi connectivity index (χ0n) is 8.34. The van der Waals surface area contributed by atoms with Crippen molar-refractivity contribution in [2.24, 2.45) is 5.73 Å². The van der Waals surface area contributed by atoms with Crippen molar-refractivity contribution in [3.63, 3.8) is 0 Å². The standard InChI is InChI=1S/C8H11ClN4O3/c9-7-6(8(10)15)11-12-13(7)5-2-1-4(3-14)16-5/h4-5,14H,1-3H2,(H2,10,15)/t4-,5+/m0/s1. The second kappa shape index (κ2) is 4.36. The molecule has 1 saturated heterocycles. The van der Waals surface area contributed by atoms with Crippen molar-refractivity contribution < 1.29 is 14.6 Å². The first-order valence-corrected chi connectivity index (χ1v) is 5.18. The van der Waals surface area contributed by atoms with Crippen LogP contribution in [0.25, 0.3) is 0 Å². The Balaban J connectivity index is 2.19. The molecule has 0 saturated carbocycles. The van der Waals surface area contributed by atoms with Gasteiger partial charge < -0.3 is 15.6 Å². The average molecular weight is 247 g/mol. The first-order valence-electron chi connectivity index (χ1n) is 4.80. The van der Waals surface area contributed by atoms with E-state index in [2.05, 4.69) is 10.3 Å². The number of carbonyl (C=O) groups excluding carboxylic acids is 1. The zero-order chi connectivity index (χ0) is 11.7. The lowest BCUT2D eigenvalue weighted by Gasteiger charge is -2.12. The highest BCUT2D eigenvalue weighted by Gasteiger charge is 2.29. The predicted octanol–water partition coefficient (Wildman–Crippen LogP) is -0.300. The Morgan fingerprint density at radius 1 is 1.69 bits per heavy atom. The topological polar surface area (TPSA) is 103 Å². The quantitative estimate of drug-likeness (QED) is 0.762. The van der Waals surface area contributed by atoms with Crippen LogP contribution in [-0.2, 0) is 4.74 Å². The molecule has 0 radical (unpaired) electrons. The number of halogens is 1. The molecule has 2 atom stereocenters. The van der Waals surface area contributed by atoms with Crippen LogP contribution in [0.15, 0.2) is 0 Å². The van der Waals surface area contributed by atoms with E-state index >= 15 is 0 Å². The fourth-order valence-electron chi connectivity index (χ4n) is 1.62. The third-order valence-corrected chi connectivity index (χ3v) is 2.78. The molecule has 8 heteroatoms. The number of ether oxygens (including phenoxy) is 1. The molecule has 1 aromatic heterocycles. The van der Waals surface area contributed by atoms with Gasteiger partial charge in [0.05, 0.1) is 12.7 Å². The SMILES string of the molecule is NC(=O)c1nnn([C@H]2CC[C@@H](CO)O2)c1Cl. The van der Waals surface area contributed by atoms with Gasteiger partial charge in [0.1, 0.15) is 0 Å². The van der Waals surface area contributed by atoms with Crippen molar-refractivity contribution in [2.45, 2.75) is 25.2 Å². The van der Waals surface area contributed by atoms with E-state index < -0.39 is 12.1 Å². The molecular weight excluding hydrogens is 236 g/mol. The number of aliphatic hydroxyl groups is 1. The van der Waals surface area contributed by atoms with Crippen molar-refractivity contribution in [2.75, 3.05) is 6.61 Å². The summed E-state index contributed by atoms with van der Waals surface area (Å²) < 4.78 is 6.75. The second-order valence-electron chi connectivity index (χ2n) is 3.51. The van der Waals surface area contributed by atoms with Gasteiger partial charge in [-0.2, -0.15) is 0 Å². The molecule has 88 valence electrons. The van der Waals surface area contributed by atoms with Crippen molar-refractivity contribution >= 4 is 17.5 Å². The molecule has 1 aliphatic rings. The average Bonchev–Trinajstić information content (AvgIpc) is 2.83. The van der Waals surface area contributed by atoms with Gasteiger partial charge in [-0.1, -0.05) is 16.8 Å². The summed E-state index contributed by atoms with van der Waals surface area (Å²) in [6.45, 7) is -0.0501. The zero-order valence-corrected chi connectivity index (χ0v) is 9.09. The van der Waals surface area contributed by atoms with Gasteiger partial charge >= 0.3 is 0 Å². The highest BCUT2D eigenvalue weighted by Crippen LogP contribution is 2.30. The van der Waals surface area contributed by atoms with Gasteiger partial charge in [-0.15, -0.1) is 5.10 Å². The van der Waals surface area contributed by atoms with Gasteiger partial charge in [-0.3, -0.25) is 4.79 Å². The maximum absolute atomic E-state index is 10.9. The Labute approximate surface area is 96.1 Å². The van der Waals surface area contributed by atoms with E-state index in [1.54, 1.807) is 0 Å². The van der Waals surface area contributed by atoms with Crippen molar-refractivity contribution in [3.8, 4) is 0 Å². The molecule has 0 bridgehead atoms. The van der Waals surface area contributed by atoms with Crippen LogP contribution in [0.1, 0.15) is 29.6 Å². The smallest absolute Gasteiger partial charge is 0.272 e. The number of nitrogens with zero attached hydrogens (tertiary/aromatic N) is 3. The molecule has 7 nitrogen and oxygen atoms in total. The summed E-state index contributed by atoms with van der Waals surface area (Å²) >= 11 is 5.88. The number of carbonyl (C=O) groups is 1. The molecule has 0 aliphatic carbocycles. The van der Waals surface area contributed by atoms with Crippen LogP contribution in [0, 0.1) is 0 Å². The largest absolute Gasteiger partial charge is 0.394 e. The van der Waals surface area contributed by atoms with Gasteiger partial charge in [0.2, 0.25) is 0 Å². The predicted molar refractivity (Wildman–Crippen MR) is 53.8 cm³/mol. The maximum Gasteiger partial charge on any atom is 0.272 e. The summed E-state index contributed by atoms with van der Waals surface area (Å²) in [5, 5.41) is 16.3. The molecule has 0 aromatic carbocycles. The van der Waals surface area contributed by atoms with E-state index in [4.69, 9.17) is 27.2 Å². The monoisotopic (exact) mass is 246 g/mol. The summed E-state index contributed by atoms with van der Waals surface area (Å²) in [5.74, 6) is -0.729. The molecule has 0 spiro atoms. The van der Waals surface area contributed by atoms with Gasteiger partial charge in [0.15, 0.2) is 17.1 Å². The minimum absolute atomic E-state index is 0.0501. The second-order valence-corrected chi connectivity index (χ2v) is 3.87. The number of amides is 1. The highest BCUT2D eigenvalue weighted by molar-refractivity contribution is 6.32. The van der Waals surface area contributed by atoms with Crippen LogP contribution in [0.5, 0.6) is 0 Å². The first kappa shape index (κ1) is 11.3. The van der Waals surface area contributed by atoms with E-state index in [0.717, 1.165) is 0 Å². The van der Waals surface area contributed by atoms with E-state index in [0.29, 0.717) is 12.8 Å². The number of aromatic nitrogens is 3. The van der Waals surface area contributed by atoms with Crippen LogP contribution < -0.4 is 5.73 Å². The van der Waals surface area contributed by atoms with E-state index in [1.807, 2.05) is 0 Å². The van der Waals surface area contributed by atoms with Gasteiger partial charge in [-0.05, 0) is 12.8 Å². The maximum atomic E-state index is 10.9. The Morgan fingerprint density at radius 2 is 2.44 bits per heavy atom. The Morgan fingerprint density at radius 3 is 2.94 bits per heavy atom. The highest BCUT2D eigenvalue weighted by atomic mass is 35.5. The van der Waals surface area contributed by atoms with Crippen LogP contribution in [-0.4, -0.2) is 38.7 Å². The summed E-state index contributed by atoms with van der Waals surface area (Å²) in [5.41, 5.74) is 4.99. The number of rotatable bonds is 3. The van der Waals surface area contributed by atoms with Crippen molar-refractivity contribution in [1.29, 1.82) is 0 Å². The third kappa shape index (κ3) is 1.89. The molecule has 16 heavy (non-hydrogen) atoms. The van der Waals surface area contributed by atoms with Crippen LogP contribution in [0.2, 0.25) is 5.15 Å². The summed E-state index contributed by atoms with van der Waals surface area (Å²) in [6.07, 6.45) is 0.753. The molecule has 1 fully saturated rings. The number of hydrogen-bond acceptors (Lipinski definition) is 5. The normalized spacial score (nSPS) is 24.9. The van der Waals surface area contributed by atoms with Gasteiger partial charge in [0.25, 0.3) is 5.91 Å². The van der Waals surface area contributed by atoms with Gasteiger partial charge in [0, 0.05) is 0 Å². The summed E-state index contributed by atoms with van der Waals surface area (Å²) in [7, 11) is 0. The number of nitrogens with two attached hydrogens (primary N) is 1. The molecule has 1 amide bonds. The molecule has 3 N–H and O–H groups in total. The van der Waals surface area contributed by atoms with E-state index in [1.165, 1.54) is 4.68 Å². The summed E-state index contributed by atoms with van der Waals surface area (Å²) in [6, 6.07) is 0. The fraction of sp³-hybridized carbons (Fsp3) is 0.625. The number of primary amides is 1. The lowest BCUT2D eigenvalue weighted by Crippen LogP contribution is -2.16. The number of hydrogen-bond donors (Lipinski definition) is 2. The van der Waals surface area contributed by atoms with Crippen LogP contribution in [0.4, 0.5) is 0 Å². The van der Waals surface area contributed by atoms with Gasteiger partial charge in [-0.25, -0.2) is 4.68 Å². The molecular formula is C8H11ClN4O3. The minimum Gasteiger partial charge on any atom is -0.394 e. The first-order chi connectivity index (χ1) is 7.63. The molecule has 2 rings (SSSR count). The third-order valence-electron chi connectivity index (χ3n) is 2.43. The van der Waals surface area contributed by atoms with E-state index in [9.17, 15) is 4.79 Å². The van der Waals surface area contributed by atoms with Crippen molar-refractivity contribution in [3.05, 3.63) is 10.8 Å². The molecule has 1 aliphatic heterocycles.